The normalized spacial score (nSPS) is 10.5. The van der Waals surface area contributed by atoms with Gasteiger partial charge in [0.05, 0.1) is 25.0 Å². The summed E-state index contributed by atoms with van der Waals surface area (Å²) in [5.41, 5.74) is 2.72. The minimum absolute atomic E-state index is 0.307. The molecule has 1 heterocycles. The zero-order valence-corrected chi connectivity index (χ0v) is 12.3. The Morgan fingerprint density at radius 2 is 2.24 bits per heavy atom. The van der Waals surface area contributed by atoms with E-state index in [1.165, 1.54) is 18.3 Å². The number of nitrogens with zero attached hydrogens (tertiary/aromatic N) is 2. The van der Waals surface area contributed by atoms with E-state index in [0.29, 0.717) is 30.1 Å². The SMILES string of the molecule is CCOC(=O)c1cnn(C)c1CNc1cc(F)ccc1C. The maximum atomic E-state index is 13.3. The number of anilines is 1. The first-order chi connectivity index (χ1) is 10.0. The molecule has 0 aliphatic heterocycles. The maximum absolute atomic E-state index is 13.3. The zero-order chi connectivity index (χ0) is 15.4. The van der Waals surface area contributed by atoms with E-state index in [1.54, 1.807) is 24.7 Å². The second-order valence-corrected chi connectivity index (χ2v) is 4.66. The van der Waals surface area contributed by atoms with Gasteiger partial charge >= 0.3 is 5.97 Å². The van der Waals surface area contributed by atoms with Gasteiger partial charge in [0.2, 0.25) is 0 Å². The topological polar surface area (TPSA) is 56.1 Å². The fourth-order valence-electron chi connectivity index (χ4n) is 2.02. The van der Waals surface area contributed by atoms with E-state index in [1.807, 2.05) is 6.92 Å². The molecule has 0 fully saturated rings. The van der Waals surface area contributed by atoms with Crippen molar-refractivity contribution < 1.29 is 13.9 Å². The van der Waals surface area contributed by atoms with Crippen molar-refractivity contribution in [3.63, 3.8) is 0 Å². The number of carbonyl (C=O) groups is 1. The van der Waals surface area contributed by atoms with Gasteiger partial charge in [0.15, 0.2) is 0 Å². The fraction of sp³-hybridized carbons (Fsp3) is 0.333. The van der Waals surface area contributed by atoms with Crippen molar-refractivity contribution >= 4 is 11.7 Å². The second kappa shape index (κ2) is 6.39. The Morgan fingerprint density at radius 3 is 2.95 bits per heavy atom. The maximum Gasteiger partial charge on any atom is 0.341 e. The molecule has 21 heavy (non-hydrogen) atoms. The monoisotopic (exact) mass is 291 g/mol. The van der Waals surface area contributed by atoms with Crippen LogP contribution in [-0.2, 0) is 18.3 Å². The van der Waals surface area contributed by atoms with Crippen molar-refractivity contribution in [1.29, 1.82) is 0 Å². The van der Waals surface area contributed by atoms with Crippen molar-refractivity contribution in [2.45, 2.75) is 20.4 Å². The van der Waals surface area contributed by atoms with Crippen LogP contribution in [-0.4, -0.2) is 22.4 Å². The number of esters is 1. The highest BCUT2D eigenvalue weighted by Crippen LogP contribution is 2.18. The number of nitrogens with one attached hydrogen (secondary N) is 1. The zero-order valence-electron chi connectivity index (χ0n) is 12.3. The average Bonchev–Trinajstić information content (AvgIpc) is 2.81. The van der Waals surface area contributed by atoms with E-state index in [0.717, 1.165) is 5.56 Å². The molecule has 0 unspecified atom stereocenters. The second-order valence-electron chi connectivity index (χ2n) is 4.66. The van der Waals surface area contributed by atoms with Crippen LogP contribution >= 0.6 is 0 Å². The summed E-state index contributed by atoms with van der Waals surface area (Å²) in [6.45, 7) is 4.30. The van der Waals surface area contributed by atoms with Gasteiger partial charge in [-0.1, -0.05) is 6.07 Å². The standard InChI is InChI=1S/C15H18FN3O2/c1-4-21-15(20)12-8-18-19(3)14(12)9-17-13-7-11(16)6-5-10(13)2/h5-8,17H,4,9H2,1-3H3. The van der Waals surface area contributed by atoms with Crippen LogP contribution in [0.1, 0.15) is 28.5 Å². The van der Waals surface area contributed by atoms with E-state index in [4.69, 9.17) is 4.74 Å². The summed E-state index contributed by atoms with van der Waals surface area (Å²) in [5.74, 6) is -0.711. The van der Waals surface area contributed by atoms with Crippen molar-refractivity contribution in [2.75, 3.05) is 11.9 Å². The lowest BCUT2D eigenvalue weighted by Crippen LogP contribution is -2.12. The lowest BCUT2D eigenvalue weighted by Gasteiger charge is -2.11. The molecule has 0 aliphatic carbocycles. The predicted molar refractivity (Wildman–Crippen MR) is 77.6 cm³/mol. The molecule has 0 amide bonds. The summed E-state index contributed by atoms with van der Waals surface area (Å²) in [7, 11) is 1.75. The average molecular weight is 291 g/mol. The van der Waals surface area contributed by atoms with Gasteiger partial charge in [-0.3, -0.25) is 4.68 Å². The number of aryl methyl sites for hydroxylation is 2. The first-order valence-corrected chi connectivity index (χ1v) is 6.71. The predicted octanol–water partition coefficient (Wildman–Crippen LogP) is 2.66. The summed E-state index contributed by atoms with van der Waals surface area (Å²) in [5, 5.41) is 7.20. The number of hydrogen-bond acceptors (Lipinski definition) is 4. The van der Waals surface area contributed by atoms with E-state index < -0.39 is 5.97 Å². The smallest absolute Gasteiger partial charge is 0.341 e. The molecule has 2 rings (SSSR count). The molecule has 0 spiro atoms. The van der Waals surface area contributed by atoms with Gasteiger partial charge in [-0.25, -0.2) is 9.18 Å². The number of benzene rings is 1. The van der Waals surface area contributed by atoms with Crippen molar-refractivity contribution in [3.05, 3.63) is 47.0 Å². The molecule has 0 bridgehead atoms. The first-order valence-electron chi connectivity index (χ1n) is 6.71. The van der Waals surface area contributed by atoms with Gasteiger partial charge in [-0.2, -0.15) is 5.10 Å². The Bertz CT molecular complexity index is 652. The molecule has 1 aromatic heterocycles. The minimum atomic E-state index is -0.404. The number of ether oxygens (including phenoxy) is 1. The number of aromatic nitrogens is 2. The third-order valence-corrected chi connectivity index (χ3v) is 3.20. The Labute approximate surface area is 122 Å². The lowest BCUT2D eigenvalue weighted by atomic mass is 10.2. The largest absolute Gasteiger partial charge is 0.462 e. The Kier molecular flexibility index (Phi) is 4.57. The lowest BCUT2D eigenvalue weighted by molar-refractivity contribution is 0.0525. The van der Waals surface area contributed by atoms with Crippen LogP contribution in [0.3, 0.4) is 0 Å². The molecular weight excluding hydrogens is 273 g/mol. The van der Waals surface area contributed by atoms with E-state index in [-0.39, 0.29) is 5.82 Å². The van der Waals surface area contributed by atoms with Crippen molar-refractivity contribution in [3.8, 4) is 0 Å². The number of carbonyl (C=O) groups excluding carboxylic acids is 1. The Balaban J connectivity index is 2.18. The molecular formula is C15H18FN3O2. The quantitative estimate of drug-likeness (QED) is 0.860. The highest BCUT2D eigenvalue weighted by molar-refractivity contribution is 5.90. The molecule has 112 valence electrons. The van der Waals surface area contributed by atoms with Crippen LogP contribution in [0, 0.1) is 12.7 Å². The molecule has 0 radical (unpaired) electrons. The molecule has 0 atom stereocenters. The highest BCUT2D eigenvalue weighted by atomic mass is 19.1. The Morgan fingerprint density at radius 1 is 1.48 bits per heavy atom. The van der Waals surface area contributed by atoms with E-state index in [2.05, 4.69) is 10.4 Å². The van der Waals surface area contributed by atoms with Crippen LogP contribution in [0.25, 0.3) is 0 Å². The summed E-state index contributed by atoms with van der Waals surface area (Å²) < 4.78 is 19.9. The van der Waals surface area contributed by atoms with Crippen LogP contribution in [0.4, 0.5) is 10.1 Å². The Hall–Kier alpha value is -2.37. The van der Waals surface area contributed by atoms with Gasteiger partial charge in [-0.05, 0) is 31.5 Å². The van der Waals surface area contributed by atoms with E-state index >= 15 is 0 Å². The van der Waals surface area contributed by atoms with Crippen molar-refractivity contribution in [2.24, 2.45) is 7.05 Å². The molecule has 0 saturated heterocycles. The minimum Gasteiger partial charge on any atom is -0.462 e. The summed E-state index contributed by atoms with van der Waals surface area (Å²) in [4.78, 5) is 11.8. The van der Waals surface area contributed by atoms with E-state index in [9.17, 15) is 9.18 Å². The molecule has 2 aromatic rings. The van der Waals surface area contributed by atoms with Crippen LogP contribution in [0.2, 0.25) is 0 Å². The van der Waals surface area contributed by atoms with Crippen LogP contribution < -0.4 is 5.32 Å². The summed E-state index contributed by atoms with van der Waals surface area (Å²) in [6, 6.07) is 4.54. The van der Waals surface area contributed by atoms with Gasteiger partial charge in [0.25, 0.3) is 0 Å². The van der Waals surface area contributed by atoms with Gasteiger partial charge in [0, 0.05) is 12.7 Å². The summed E-state index contributed by atoms with van der Waals surface area (Å²) >= 11 is 0. The summed E-state index contributed by atoms with van der Waals surface area (Å²) in [6.07, 6.45) is 1.48. The molecule has 5 nitrogen and oxygen atoms in total. The third kappa shape index (κ3) is 3.39. The van der Waals surface area contributed by atoms with Crippen LogP contribution in [0.5, 0.6) is 0 Å². The highest BCUT2D eigenvalue weighted by Gasteiger charge is 2.17. The van der Waals surface area contributed by atoms with Crippen LogP contribution in [0.15, 0.2) is 24.4 Å². The fourth-order valence-corrected chi connectivity index (χ4v) is 2.02. The first kappa shape index (κ1) is 15.0. The number of hydrogen-bond donors (Lipinski definition) is 1. The molecule has 1 N–H and O–H groups in total. The van der Waals surface area contributed by atoms with Gasteiger partial charge in [0.1, 0.15) is 11.4 Å². The van der Waals surface area contributed by atoms with Gasteiger partial charge < -0.3 is 10.1 Å². The van der Waals surface area contributed by atoms with Gasteiger partial charge in [-0.15, -0.1) is 0 Å². The van der Waals surface area contributed by atoms with Crippen molar-refractivity contribution in [1.82, 2.24) is 9.78 Å². The number of halogens is 1. The molecule has 0 saturated carbocycles. The number of rotatable bonds is 5. The third-order valence-electron chi connectivity index (χ3n) is 3.20. The molecule has 6 heteroatoms. The molecule has 0 aliphatic rings. The molecule has 1 aromatic carbocycles.